The van der Waals surface area contributed by atoms with Gasteiger partial charge in [-0.25, -0.2) is 0 Å². The fourth-order valence-electron chi connectivity index (χ4n) is 1.63. The number of nitrogens with two attached hydrogens (primary N) is 1. The summed E-state index contributed by atoms with van der Waals surface area (Å²) in [6.45, 7) is -5.03. The zero-order valence-corrected chi connectivity index (χ0v) is 9.16. The van der Waals surface area contributed by atoms with Gasteiger partial charge in [-0.3, -0.25) is 0 Å². The average Bonchev–Trinajstić information content (AvgIpc) is 2.13. The van der Waals surface area contributed by atoms with Crippen molar-refractivity contribution in [2.24, 2.45) is 11.7 Å². The van der Waals surface area contributed by atoms with E-state index in [0.29, 0.717) is 4.90 Å². The molecule has 1 aliphatic rings. The summed E-state index contributed by atoms with van der Waals surface area (Å²) in [7, 11) is 0. The predicted octanol–water partition coefficient (Wildman–Crippen LogP) is 1.91. The summed E-state index contributed by atoms with van der Waals surface area (Å²) in [6.07, 6.45) is 3.31. The summed E-state index contributed by atoms with van der Waals surface area (Å²) < 4.78 is 43.7. The number of hydrogen-bond acceptors (Lipinski definition) is 2. The third kappa shape index (κ3) is 6.55. The van der Waals surface area contributed by atoms with Crippen molar-refractivity contribution >= 4 is 24.8 Å². The van der Waals surface area contributed by atoms with Gasteiger partial charge in [0.05, 0.1) is 0 Å². The van der Waals surface area contributed by atoms with Crippen LogP contribution in [0.4, 0.5) is 0 Å². The molecule has 0 bridgehead atoms. The van der Waals surface area contributed by atoms with E-state index in [2.05, 4.69) is 0 Å². The summed E-state index contributed by atoms with van der Waals surface area (Å²) in [5.74, 6) is 0.121. The quantitative estimate of drug-likeness (QED) is 0.792. The maximum atomic E-state index is 7.28. The van der Waals surface area contributed by atoms with E-state index < -0.39 is 14.0 Å². The highest BCUT2D eigenvalue weighted by Crippen LogP contribution is 2.23. The molecule has 1 aliphatic carbocycles. The lowest BCUT2D eigenvalue weighted by Gasteiger charge is -2.28. The first-order valence-electron chi connectivity index (χ1n) is 7.14. The van der Waals surface area contributed by atoms with Gasteiger partial charge in [-0.1, -0.05) is 0 Å². The SMILES string of the molecule is Cl.Cl.[2H]C([2H])([2H])N(C[C@H]1CC[C@H](N)CC1)C([2H])([2H])[2H]. The molecule has 0 aliphatic heterocycles. The van der Waals surface area contributed by atoms with E-state index in [9.17, 15) is 0 Å². The van der Waals surface area contributed by atoms with E-state index in [1.807, 2.05) is 0 Å². The van der Waals surface area contributed by atoms with Gasteiger partial charge in [-0.05, 0) is 45.6 Å². The smallest absolute Gasteiger partial charge is 0.0394 e. The van der Waals surface area contributed by atoms with Crippen LogP contribution in [0.15, 0.2) is 0 Å². The van der Waals surface area contributed by atoms with Gasteiger partial charge in [-0.2, -0.15) is 0 Å². The zero-order valence-electron chi connectivity index (χ0n) is 13.5. The first-order chi connectivity index (χ1) is 7.60. The van der Waals surface area contributed by atoms with Crippen LogP contribution in [0, 0.1) is 5.92 Å². The molecule has 2 nitrogen and oxygen atoms in total. The lowest BCUT2D eigenvalue weighted by atomic mass is 9.86. The van der Waals surface area contributed by atoms with Crippen LogP contribution in [0.2, 0.25) is 0 Å². The molecule has 0 heterocycles. The van der Waals surface area contributed by atoms with Crippen LogP contribution in [-0.4, -0.2) is 31.4 Å². The number of rotatable bonds is 2. The van der Waals surface area contributed by atoms with Gasteiger partial charge in [0.1, 0.15) is 0 Å². The second-order valence-electron chi connectivity index (χ2n) is 3.39. The lowest BCUT2D eigenvalue weighted by Crippen LogP contribution is -2.31. The van der Waals surface area contributed by atoms with E-state index in [4.69, 9.17) is 14.0 Å². The van der Waals surface area contributed by atoms with Crippen molar-refractivity contribution in [2.75, 3.05) is 20.5 Å². The van der Waals surface area contributed by atoms with E-state index in [1.165, 1.54) is 0 Å². The summed E-state index contributed by atoms with van der Waals surface area (Å²) in [4.78, 5) is 0.654. The Kier molecular flexibility index (Phi) is 4.17. The van der Waals surface area contributed by atoms with Gasteiger partial charge in [0.2, 0.25) is 0 Å². The number of hydrogen-bond donors (Lipinski definition) is 1. The summed E-state index contributed by atoms with van der Waals surface area (Å²) >= 11 is 0. The molecule has 0 atom stereocenters. The highest BCUT2D eigenvalue weighted by atomic mass is 35.5. The molecule has 1 rings (SSSR count). The van der Waals surface area contributed by atoms with Crippen molar-refractivity contribution in [3.05, 3.63) is 0 Å². The van der Waals surface area contributed by atoms with Crippen molar-refractivity contribution in [1.29, 1.82) is 0 Å². The van der Waals surface area contributed by atoms with Crippen molar-refractivity contribution in [3.8, 4) is 0 Å². The molecule has 0 aromatic heterocycles. The van der Waals surface area contributed by atoms with Gasteiger partial charge in [0.15, 0.2) is 0 Å². The van der Waals surface area contributed by atoms with E-state index in [-0.39, 0.29) is 43.3 Å². The third-order valence-corrected chi connectivity index (χ3v) is 2.33. The Labute approximate surface area is 102 Å². The first-order valence-corrected chi connectivity index (χ1v) is 4.14. The van der Waals surface area contributed by atoms with E-state index in [1.54, 1.807) is 0 Å². The molecule has 13 heavy (non-hydrogen) atoms. The molecule has 1 saturated carbocycles. The molecular formula is C9H22Cl2N2. The minimum absolute atomic E-state index is 0. The molecule has 4 heteroatoms. The Morgan fingerprint density at radius 3 is 2.23 bits per heavy atom. The van der Waals surface area contributed by atoms with Crippen LogP contribution in [0.3, 0.4) is 0 Å². The predicted molar refractivity (Wildman–Crippen MR) is 63.0 cm³/mol. The number of nitrogens with zero attached hydrogens (tertiary/aromatic N) is 1. The molecule has 0 saturated heterocycles. The van der Waals surface area contributed by atoms with Crippen LogP contribution >= 0.6 is 24.8 Å². The van der Waals surface area contributed by atoms with Crippen LogP contribution < -0.4 is 5.73 Å². The monoisotopic (exact) mass is 234 g/mol. The molecule has 0 unspecified atom stereocenters. The van der Waals surface area contributed by atoms with Crippen molar-refractivity contribution in [2.45, 2.75) is 31.7 Å². The van der Waals surface area contributed by atoms with Gasteiger partial charge >= 0.3 is 0 Å². The Morgan fingerprint density at radius 2 is 1.77 bits per heavy atom. The minimum Gasteiger partial charge on any atom is -0.328 e. The highest BCUT2D eigenvalue weighted by molar-refractivity contribution is 5.85. The summed E-state index contributed by atoms with van der Waals surface area (Å²) in [5.41, 5.74) is 5.76. The maximum absolute atomic E-state index is 7.28. The largest absolute Gasteiger partial charge is 0.328 e. The lowest BCUT2D eigenvalue weighted by molar-refractivity contribution is 0.250. The number of halogens is 2. The van der Waals surface area contributed by atoms with E-state index in [0.717, 1.165) is 25.7 Å². The highest BCUT2D eigenvalue weighted by Gasteiger charge is 2.18. The molecule has 1 fully saturated rings. The molecule has 2 N–H and O–H groups in total. The Hall–Kier alpha value is 0.500. The van der Waals surface area contributed by atoms with Crippen molar-refractivity contribution in [3.63, 3.8) is 0 Å². The summed E-state index contributed by atoms with van der Waals surface area (Å²) in [6, 6.07) is 0.181. The molecule has 0 aromatic carbocycles. The van der Waals surface area contributed by atoms with Gasteiger partial charge in [0.25, 0.3) is 0 Å². The van der Waals surface area contributed by atoms with Crippen molar-refractivity contribution < 1.29 is 8.22 Å². The minimum atomic E-state index is -2.56. The second-order valence-corrected chi connectivity index (χ2v) is 3.39. The normalized spacial score (nSPS) is 36.5. The van der Waals surface area contributed by atoms with Crippen LogP contribution in [-0.2, 0) is 0 Å². The second kappa shape index (κ2) is 7.86. The maximum Gasteiger partial charge on any atom is 0.0394 e. The summed E-state index contributed by atoms with van der Waals surface area (Å²) in [5, 5.41) is 0. The first kappa shape index (κ1) is 6.89. The van der Waals surface area contributed by atoms with Crippen LogP contribution in [0.25, 0.3) is 0 Å². The fraction of sp³-hybridized carbons (Fsp3) is 1.00. The Morgan fingerprint density at radius 1 is 1.23 bits per heavy atom. The fourth-order valence-corrected chi connectivity index (χ4v) is 1.63. The van der Waals surface area contributed by atoms with E-state index >= 15 is 0 Å². The molecule has 0 aromatic rings. The molecule has 0 amide bonds. The van der Waals surface area contributed by atoms with Gasteiger partial charge < -0.3 is 10.6 Å². The van der Waals surface area contributed by atoms with Crippen LogP contribution in [0.1, 0.15) is 33.9 Å². The van der Waals surface area contributed by atoms with Gasteiger partial charge in [-0.15, -0.1) is 24.8 Å². The van der Waals surface area contributed by atoms with Crippen LogP contribution in [0.5, 0.6) is 0 Å². The third-order valence-electron chi connectivity index (χ3n) is 2.33. The zero-order chi connectivity index (χ0) is 13.3. The Bertz CT molecular complexity index is 236. The Balaban J connectivity index is 0. The molecular weight excluding hydrogens is 207 g/mol. The molecule has 0 radical (unpaired) electrons. The molecule has 0 spiro atoms. The molecule has 82 valence electrons. The standard InChI is InChI=1S/C9H20N2.2ClH/c1-11(2)7-8-3-5-9(10)6-4-8;;/h8-9H,3-7,10H2,1-2H3;2*1H/t8-,9-;;/i1D3,2D3;;. The van der Waals surface area contributed by atoms with Gasteiger partial charge in [0, 0.05) is 20.8 Å². The van der Waals surface area contributed by atoms with Crippen molar-refractivity contribution in [1.82, 2.24) is 4.90 Å². The average molecular weight is 235 g/mol. The topological polar surface area (TPSA) is 29.3 Å².